The number of amides is 3. The summed E-state index contributed by atoms with van der Waals surface area (Å²) in [5, 5.41) is 17.8. The number of ether oxygens (including phenoxy) is 3. The number of urea groups is 1. The van der Waals surface area contributed by atoms with Crippen LogP contribution in [0.1, 0.15) is 12.5 Å². The van der Waals surface area contributed by atoms with Crippen molar-refractivity contribution in [2.75, 3.05) is 33.2 Å². The number of anilines is 1. The number of methoxy groups -OCH3 is 3. The van der Waals surface area contributed by atoms with E-state index in [1.54, 1.807) is 30.4 Å². The molecule has 2 N–H and O–H groups in total. The van der Waals surface area contributed by atoms with Crippen molar-refractivity contribution in [3.63, 3.8) is 0 Å². The molecule has 34 heavy (non-hydrogen) atoms. The predicted molar refractivity (Wildman–Crippen MR) is 131 cm³/mol. The summed E-state index contributed by atoms with van der Waals surface area (Å²) in [4.78, 5) is 27.0. The highest BCUT2D eigenvalue weighted by atomic mass is 32.1. The Labute approximate surface area is 201 Å². The van der Waals surface area contributed by atoms with Crippen molar-refractivity contribution in [1.82, 2.24) is 10.2 Å². The summed E-state index contributed by atoms with van der Waals surface area (Å²) < 4.78 is 17.0. The van der Waals surface area contributed by atoms with Crippen molar-refractivity contribution in [2.24, 2.45) is 0 Å². The fourth-order valence-corrected chi connectivity index (χ4v) is 4.53. The SMILES string of the molecule is CCN(C#N)C(=O)C(Cc1csc2ccccc12)NC(=O)Nc1cc(OC)c(OC)c(OC)c1. The Morgan fingerprint density at radius 1 is 1.12 bits per heavy atom. The zero-order valence-corrected chi connectivity index (χ0v) is 20.2. The van der Waals surface area contributed by atoms with Crippen LogP contribution in [-0.4, -0.2) is 50.8 Å². The Kier molecular flexibility index (Phi) is 8.16. The molecular formula is C24H26N4O5S. The maximum absolute atomic E-state index is 13.0. The van der Waals surface area contributed by atoms with Crippen LogP contribution in [-0.2, 0) is 11.2 Å². The number of thiophene rings is 1. The van der Waals surface area contributed by atoms with Crippen LogP contribution in [0.15, 0.2) is 41.8 Å². The summed E-state index contributed by atoms with van der Waals surface area (Å²) in [6.45, 7) is 1.90. The van der Waals surface area contributed by atoms with E-state index in [0.29, 0.717) is 22.9 Å². The summed E-state index contributed by atoms with van der Waals surface area (Å²) in [5.74, 6) is 0.647. The van der Waals surface area contributed by atoms with Crippen LogP contribution in [0.3, 0.4) is 0 Å². The van der Waals surface area contributed by atoms with E-state index in [-0.39, 0.29) is 13.0 Å². The van der Waals surface area contributed by atoms with Crippen LogP contribution in [0, 0.1) is 11.5 Å². The van der Waals surface area contributed by atoms with E-state index >= 15 is 0 Å². The number of rotatable bonds is 9. The van der Waals surface area contributed by atoms with Crippen LogP contribution in [0.2, 0.25) is 0 Å². The molecule has 1 aromatic heterocycles. The predicted octanol–water partition coefficient (Wildman–Crippen LogP) is 3.99. The number of benzene rings is 2. The largest absolute Gasteiger partial charge is 0.493 e. The molecule has 0 aliphatic rings. The van der Waals surface area contributed by atoms with Gasteiger partial charge in [0.25, 0.3) is 5.91 Å². The highest BCUT2D eigenvalue weighted by Gasteiger charge is 2.27. The number of carbonyl (C=O) groups is 2. The first-order valence-electron chi connectivity index (χ1n) is 10.5. The van der Waals surface area contributed by atoms with E-state index in [1.165, 1.54) is 21.3 Å². The van der Waals surface area contributed by atoms with Gasteiger partial charge in [-0.25, -0.2) is 9.69 Å². The zero-order chi connectivity index (χ0) is 24.7. The Bertz CT molecular complexity index is 1190. The number of hydrogen-bond donors (Lipinski definition) is 2. The number of carbonyl (C=O) groups excluding carboxylic acids is 2. The molecule has 2 aromatic carbocycles. The Morgan fingerprint density at radius 3 is 2.38 bits per heavy atom. The van der Waals surface area contributed by atoms with Crippen LogP contribution in [0.25, 0.3) is 10.1 Å². The third kappa shape index (κ3) is 5.32. The van der Waals surface area contributed by atoms with E-state index in [4.69, 9.17) is 14.2 Å². The van der Waals surface area contributed by atoms with Gasteiger partial charge in [-0.3, -0.25) is 4.79 Å². The highest BCUT2D eigenvalue weighted by molar-refractivity contribution is 7.17. The Morgan fingerprint density at radius 2 is 1.79 bits per heavy atom. The lowest BCUT2D eigenvalue weighted by Crippen LogP contribution is -2.49. The van der Waals surface area contributed by atoms with Gasteiger partial charge in [-0.15, -0.1) is 11.3 Å². The number of nitrogens with one attached hydrogen (secondary N) is 2. The summed E-state index contributed by atoms with van der Waals surface area (Å²) >= 11 is 1.56. The smallest absolute Gasteiger partial charge is 0.319 e. The second-order valence-corrected chi connectivity index (χ2v) is 8.12. The minimum absolute atomic E-state index is 0.201. The molecule has 0 fully saturated rings. The molecule has 10 heteroatoms. The molecule has 1 unspecified atom stereocenters. The van der Waals surface area contributed by atoms with Crippen molar-refractivity contribution >= 4 is 39.0 Å². The maximum Gasteiger partial charge on any atom is 0.319 e. The molecule has 3 amide bonds. The van der Waals surface area contributed by atoms with Crippen LogP contribution in [0.5, 0.6) is 17.2 Å². The van der Waals surface area contributed by atoms with Gasteiger partial charge in [-0.05, 0) is 29.3 Å². The first-order valence-corrected chi connectivity index (χ1v) is 11.4. The molecular weight excluding hydrogens is 456 g/mol. The third-order valence-corrected chi connectivity index (χ3v) is 6.23. The fourth-order valence-electron chi connectivity index (χ4n) is 3.55. The van der Waals surface area contributed by atoms with Gasteiger partial charge in [0.05, 0.1) is 27.0 Å². The first-order chi connectivity index (χ1) is 16.4. The van der Waals surface area contributed by atoms with Gasteiger partial charge in [-0.1, -0.05) is 18.2 Å². The van der Waals surface area contributed by atoms with Gasteiger partial charge in [-0.2, -0.15) is 5.26 Å². The van der Waals surface area contributed by atoms with Gasteiger partial charge in [0.1, 0.15) is 6.04 Å². The second kappa shape index (κ2) is 11.2. The Balaban J connectivity index is 1.85. The fraction of sp³-hybridized carbons (Fsp3) is 0.292. The molecule has 0 radical (unpaired) electrons. The molecule has 1 atom stereocenters. The van der Waals surface area contributed by atoms with Crippen molar-refractivity contribution in [3.05, 3.63) is 47.3 Å². The average molecular weight is 483 g/mol. The molecule has 0 saturated heterocycles. The van der Waals surface area contributed by atoms with E-state index in [1.807, 2.05) is 35.8 Å². The monoisotopic (exact) mass is 482 g/mol. The molecule has 0 aliphatic heterocycles. The molecule has 9 nitrogen and oxygen atoms in total. The molecule has 0 bridgehead atoms. The van der Waals surface area contributed by atoms with Gasteiger partial charge < -0.3 is 24.8 Å². The molecule has 3 rings (SSSR count). The molecule has 1 heterocycles. The van der Waals surface area contributed by atoms with Crippen LogP contribution in [0.4, 0.5) is 10.5 Å². The summed E-state index contributed by atoms with van der Waals surface area (Å²) in [6, 6.07) is 9.45. The highest BCUT2D eigenvalue weighted by Crippen LogP contribution is 2.39. The number of hydrogen-bond acceptors (Lipinski definition) is 7. The molecule has 3 aromatic rings. The van der Waals surface area contributed by atoms with Crippen molar-refractivity contribution in [3.8, 4) is 23.4 Å². The Hall–Kier alpha value is -3.97. The van der Waals surface area contributed by atoms with Crippen LogP contribution < -0.4 is 24.8 Å². The van der Waals surface area contributed by atoms with Gasteiger partial charge in [0.15, 0.2) is 17.7 Å². The maximum atomic E-state index is 13.0. The number of likely N-dealkylation sites (N-methyl/N-ethyl adjacent to an activating group) is 1. The minimum atomic E-state index is -0.945. The van der Waals surface area contributed by atoms with E-state index < -0.39 is 18.0 Å². The molecule has 0 aliphatic carbocycles. The topological polar surface area (TPSA) is 113 Å². The zero-order valence-electron chi connectivity index (χ0n) is 19.4. The summed E-state index contributed by atoms with van der Waals surface area (Å²) in [5.41, 5.74) is 1.30. The van der Waals surface area contributed by atoms with Gasteiger partial charge >= 0.3 is 6.03 Å². The minimum Gasteiger partial charge on any atom is -0.493 e. The van der Waals surface area contributed by atoms with Crippen LogP contribution >= 0.6 is 11.3 Å². The number of fused-ring (bicyclic) bond motifs is 1. The third-order valence-electron chi connectivity index (χ3n) is 5.21. The van der Waals surface area contributed by atoms with Crippen molar-refractivity contribution in [2.45, 2.75) is 19.4 Å². The normalized spacial score (nSPS) is 11.3. The molecule has 0 spiro atoms. The lowest BCUT2D eigenvalue weighted by Gasteiger charge is -2.22. The second-order valence-electron chi connectivity index (χ2n) is 7.21. The quantitative estimate of drug-likeness (QED) is 0.352. The number of nitriles is 1. The van der Waals surface area contributed by atoms with E-state index in [0.717, 1.165) is 20.5 Å². The van der Waals surface area contributed by atoms with Gasteiger partial charge in [0, 0.05) is 29.8 Å². The lowest BCUT2D eigenvalue weighted by atomic mass is 10.0. The number of nitrogens with zero attached hydrogens (tertiary/aromatic N) is 2. The lowest BCUT2D eigenvalue weighted by molar-refractivity contribution is -0.129. The average Bonchev–Trinajstić information content (AvgIpc) is 3.26. The molecule has 0 saturated carbocycles. The van der Waals surface area contributed by atoms with Crippen molar-refractivity contribution < 1.29 is 23.8 Å². The van der Waals surface area contributed by atoms with E-state index in [2.05, 4.69) is 10.6 Å². The standard InChI is InChI=1S/C24H26N4O5S/c1-5-28(14-25)23(29)18(10-15-13-34-21-9-7-6-8-17(15)21)27-24(30)26-16-11-19(31-2)22(33-4)20(12-16)32-3/h6-9,11-13,18H,5,10H2,1-4H3,(H2,26,27,30). The summed E-state index contributed by atoms with van der Waals surface area (Å²) in [7, 11) is 4.43. The van der Waals surface area contributed by atoms with E-state index in [9.17, 15) is 14.9 Å². The molecule has 178 valence electrons. The van der Waals surface area contributed by atoms with Gasteiger partial charge in [0.2, 0.25) is 5.75 Å². The van der Waals surface area contributed by atoms with Crippen molar-refractivity contribution in [1.29, 1.82) is 5.26 Å². The first kappa shape index (κ1) is 24.7. The summed E-state index contributed by atoms with van der Waals surface area (Å²) in [6.07, 6.45) is 2.12.